The molecule has 2 rings (SSSR count). The van der Waals surface area contributed by atoms with Gasteiger partial charge in [-0.15, -0.1) is 0 Å². The van der Waals surface area contributed by atoms with Crippen LogP contribution in [0.4, 0.5) is 5.69 Å². The van der Waals surface area contributed by atoms with Gasteiger partial charge in [0.2, 0.25) is 5.91 Å². The molecule has 19 heavy (non-hydrogen) atoms. The van der Waals surface area contributed by atoms with E-state index in [4.69, 9.17) is 0 Å². The van der Waals surface area contributed by atoms with Crippen LogP contribution in [0.1, 0.15) is 28.8 Å². The number of aryl methyl sites for hydroxylation is 1. The van der Waals surface area contributed by atoms with Crippen LogP contribution in [-0.4, -0.2) is 31.4 Å². The SMILES string of the molecule is CNc1cc(C)ccc1C(=O)NCC(=O)NC1CC1. The molecular weight excluding hydrogens is 242 g/mol. The van der Waals surface area contributed by atoms with Gasteiger partial charge >= 0.3 is 0 Å². The number of anilines is 1. The van der Waals surface area contributed by atoms with E-state index in [-0.39, 0.29) is 18.4 Å². The predicted octanol–water partition coefficient (Wildman–Crippen LogP) is 1.05. The first-order chi connectivity index (χ1) is 9.10. The Morgan fingerprint density at radius 3 is 2.68 bits per heavy atom. The smallest absolute Gasteiger partial charge is 0.253 e. The lowest BCUT2D eigenvalue weighted by Gasteiger charge is -2.10. The molecule has 3 N–H and O–H groups in total. The van der Waals surface area contributed by atoms with Crippen molar-refractivity contribution in [3.63, 3.8) is 0 Å². The van der Waals surface area contributed by atoms with Crippen LogP contribution in [0.3, 0.4) is 0 Å². The topological polar surface area (TPSA) is 70.2 Å². The number of benzene rings is 1. The highest BCUT2D eigenvalue weighted by atomic mass is 16.2. The van der Waals surface area contributed by atoms with Crippen LogP contribution < -0.4 is 16.0 Å². The zero-order valence-electron chi connectivity index (χ0n) is 11.2. The van der Waals surface area contributed by atoms with Gasteiger partial charge < -0.3 is 16.0 Å². The fourth-order valence-electron chi connectivity index (χ4n) is 1.83. The Balaban J connectivity index is 1.93. The Kier molecular flexibility index (Phi) is 4.04. The lowest BCUT2D eigenvalue weighted by Crippen LogP contribution is -2.38. The second-order valence-corrected chi connectivity index (χ2v) is 4.82. The summed E-state index contributed by atoms with van der Waals surface area (Å²) in [5.41, 5.74) is 2.39. The third kappa shape index (κ3) is 3.71. The Labute approximate surface area is 112 Å². The van der Waals surface area contributed by atoms with Gasteiger partial charge in [0, 0.05) is 18.8 Å². The maximum absolute atomic E-state index is 12.0. The molecule has 1 aromatic rings. The number of hydrogen-bond donors (Lipinski definition) is 3. The highest BCUT2D eigenvalue weighted by Gasteiger charge is 2.23. The molecule has 0 atom stereocenters. The van der Waals surface area contributed by atoms with E-state index < -0.39 is 0 Å². The molecule has 0 bridgehead atoms. The number of carbonyl (C=O) groups excluding carboxylic acids is 2. The predicted molar refractivity (Wildman–Crippen MR) is 74.2 cm³/mol. The summed E-state index contributed by atoms with van der Waals surface area (Å²) in [6.45, 7) is 1.98. The molecule has 1 aromatic carbocycles. The van der Waals surface area contributed by atoms with Gasteiger partial charge in [0.25, 0.3) is 5.91 Å². The molecule has 0 radical (unpaired) electrons. The van der Waals surface area contributed by atoms with E-state index in [0.29, 0.717) is 11.6 Å². The van der Waals surface area contributed by atoms with Crippen molar-refractivity contribution in [2.75, 3.05) is 18.9 Å². The Morgan fingerprint density at radius 2 is 2.05 bits per heavy atom. The van der Waals surface area contributed by atoms with Gasteiger partial charge in [0.1, 0.15) is 0 Å². The minimum Gasteiger partial charge on any atom is -0.387 e. The van der Waals surface area contributed by atoms with Crippen molar-refractivity contribution in [3.05, 3.63) is 29.3 Å². The van der Waals surface area contributed by atoms with Crippen molar-refractivity contribution < 1.29 is 9.59 Å². The second-order valence-electron chi connectivity index (χ2n) is 4.82. The van der Waals surface area contributed by atoms with Crippen LogP contribution in [0.25, 0.3) is 0 Å². The molecule has 5 heteroatoms. The van der Waals surface area contributed by atoms with Crippen LogP contribution in [0, 0.1) is 6.92 Å². The average molecular weight is 261 g/mol. The molecule has 5 nitrogen and oxygen atoms in total. The van der Waals surface area contributed by atoms with Gasteiger partial charge in [-0.25, -0.2) is 0 Å². The summed E-state index contributed by atoms with van der Waals surface area (Å²) in [4.78, 5) is 23.5. The third-order valence-corrected chi connectivity index (χ3v) is 3.04. The molecule has 1 saturated carbocycles. The van der Waals surface area contributed by atoms with E-state index in [1.807, 2.05) is 19.1 Å². The molecule has 1 fully saturated rings. The Morgan fingerprint density at radius 1 is 1.32 bits per heavy atom. The van der Waals surface area contributed by atoms with Crippen molar-refractivity contribution in [3.8, 4) is 0 Å². The van der Waals surface area contributed by atoms with Crippen molar-refractivity contribution in [1.82, 2.24) is 10.6 Å². The van der Waals surface area contributed by atoms with E-state index in [1.165, 1.54) is 0 Å². The summed E-state index contributed by atoms with van der Waals surface area (Å²) in [5, 5.41) is 8.45. The van der Waals surface area contributed by atoms with Gasteiger partial charge in [0.05, 0.1) is 12.1 Å². The van der Waals surface area contributed by atoms with Crippen molar-refractivity contribution in [2.45, 2.75) is 25.8 Å². The van der Waals surface area contributed by atoms with E-state index in [2.05, 4.69) is 16.0 Å². The largest absolute Gasteiger partial charge is 0.387 e. The van der Waals surface area contributed by atoms with Gasteiger partial charge in [-0.1, -0.05) is 6.07 Å². The van der Waals surface area contributed by atoms with Crippen LogP contribution in [-0.2, 0) is 4.79 Å². The Hall–Kier alpha value is -2.04. The van der Waals surface area contributed by atoms with Crippen LogP contribution in [0.2, 0.25) is 0 Å². The molecule has 0 spiro atoms. The third-order valence-electron chi connectivity index (χ3n) is 3.04. The van der Waals surface area contributed by atoms with Crippen molar-refractivity contribution >= 4 is 17.5 Å². The van der Waals surface area contributed by atoms with E-state index in [0.717, 1.165) is 24.1 Å². The first-order valence-electron chi connectivity index (χ1n) is 6.46. The molecule has 0 unspecified atom stereocenters. The molecular formula is C14H19N3O2. The highest BCUT2D eigenvalue weighted by Crippen LogP contribution is 2.18. The number of nitrogens with one attached hydrogen (secondary N) is 3. The summed E-state index contributed by atoms with van der Waals surface area (Å²) in [7, 11) is 1.77. The molecule has 0 aromatic heterocycles. The van der Waals surface area contributed by atoms with E-state index in [9.17, 15) is 9.59 Å². The van der Waals surface area contributed by atoms with Crippen LogP contribution in [0.15, 0.2) is 18.2 Å². The number of hydrogen-bond acceptors (Lipinski definition) is 3. The number of rotatable bonds is 5. The standard InChI is InChI=1S/C14H19N3O2/c1-9-3-6-11(12(7-9)15-2)14(19)16-8-13(18)17-10-4-5-10/h3,6-7,10,15H,4-5,8H2,1-2H3,(H,16,19)(H,17,18). The van der Waals surface area contributed by atoms with Gasteiger partial charge in [-0.3, -0.25) is 9.59 Å². The molecule has 0 aliphatic heterocycles. The summed E-state index contributed by atoms with van der Waals surface area (Å²) in [6.07, 6.45) is 2.09. The zero-order valence-corrected chi connectivity index (χ0v) is 11.2. The van der Waals surface area contributed by atoms with E-state index in [1.54, 1.807) is 13.1 Å². The summed E-state index contributed by atoms with van der Waals surface area (Å²) >= 11 is 0. The average Bonchev–Trinajstić information content (AvgIpc) is 3.19. The summed E-state index contributed by atoms with van der Waals surface area (Å²) in [5.74, 6) is -0.371. The maximum atomic E-state index is 12.0. The van der Waals surface area contributed by atoms with Gasteiger partial charge in [-0.05, 0) is 37.5 Å². The molecule has 1 aliphatic rings. The molecule has 102 valence electrons. The zero-order chi connectivity index (χ0) is 13.8. The highest BCUT2D eigenvalue weighted by molar-refractivity contribution is 6.01. The molecule has 0 saturated heterocycles. The van der Waals surface area contributed by atoms with Crippen molar-refractivity contribution in [1.29, 1.82) is 0 Å². The first-order valence-corrected chi connectivity index (χ1v) is 6.46. The Bertz CT molecular complexity index is 495. The number of carbonyl (C=O) groups is 2. The summed E-state index contributed by atoms with van der Waals surface area (Å²) < 4.78 is 0. The van der Waals surface area contributed by atoms with Crippen molar-refractivity contribution in [2.24, 2.45) is 0 Å². The monoisotopic (exact) mass is 261 g/mol. The normalized spacial score (nSPS) is 13.8. The lowest BCUT2D eigenvalue weighted by atomic mass is 10.1. The molecule has 1 aliphatic carbocycles. The first kappa shape index (κ1) is 13.4. The van der Waals surface area contributed by atoms with Crippen LogP contribution >= 0.6 is 0 Å². The quantitative estimate of drug-likeness (QED) is 0.742. The fourth-order valence-corrected chi connectivity index (χ4v) is 1.83. The fraction of sp³-hybridized carbons (Fsp3) is 0.429. The maximum Gasteiger partial charge on any atom is 0.253 e. The molecule has 2 amide bonds. The van der Waals surface area contributed by atoms with Crippen LogP contribution in [0.5, 0.6) is 0 Å². The minimum atomic E-state index is -0.240. The van der Waals surface area contributed by atoms with Gasteiger partial charge in [-0.2, -0.15) is 0 Å². The second kappa shape index (κ2) is 5.73. The van der Waals surface area contributed by atoms with E-state index >= 15 is 0 Å². The summed E-state index contributed by atoms with van der Waals surface area (Å²) in [6, 6.07) is 5.85. The lowest BCUT2D eigenvalue weighted by molar-refractivity contribution is -0.120. The number of amides is 2. The van der Waals surface area contributed by atoms with Gasteiger partial charge in [0.15, 0.2) is 0 Å². The molecule has 0 heterocycles. The minimum absolute atomic E-state index is 0.0202.